The van der Waals surface area contributed by atoms with Crippen LogP contribution in [0.1, 0.15) is 70.6 Å². The summed E-state index contributed by atoms with van der Waals surface area (Å²) in [6.45, 7) is 11.4. The molecule has 13 heteroatoms. The number of nitrogens with one attached hydrogen (secondary N) is 1. The number of halogens is 4. The Hall–Kier alpha value is -3.80. The number of hydrogen-bond acceptors (Lipinski definition) is 4. The van der Waals surface area contributed by atoms with Crippen LogP contribution < -0.4 is 0 Å². The highest BCUT2D eigenvalue weighted by Gasteiger charge is 2.36. The van der Waals surface area contributed by atoms with E-state index in [0.717, 1.165) is 11.8 Å². The average molecular weight is 592 g/mol. The van der Waals surface area contributed by atoms with Gasteiger partial charge in [-0.2, -0.15) is 23.4 Å². The molecule has 41 heavy (non-hydrogen) atoms. The van der Waals surface area contributed by atoms with E-state index in [2.05, 4.69) is 20.3 Å². The van der Waals surface area contributed by atoms with Crippen molar-refractivity contribution in [2.45, 2.75) is 78.3 Å². The fourth-order valence-electron chi connectivity index (χ4n) is 4.87. The Morgan fingerprint density at radius 2 is 1.83 bits per heavy atom. The number of aromatic nitrogens is 6. The second kappa shape index (κ2) is 11.2. The van der Waals surface area contributed by atoms with Crippen LogP contribution >= 0.6 is 11.6 Å². The summed E-state index contributed by atoms with van der Waals surface area (Å²) >= 11 is 6.43. The van der Waals surface area contributed by atoms with Crippen LogP contribution in [0.3, 0.4) is 0 Å². The zero-order chi connectivity index (χ0) is 30.3. The third-order valence-corrected chi connectivity index (χ3v) is 7.01. The number of imidazole rings is 1. The van der Waals surface area contributed by atoms with E-state index in [4.69, 9.17) is 11.6 Å². The summed E-state index contributed by atoms with van der Waals surface area (Å²) in [6, 6.07) is 8.07. The van der Waals surface area contributed by atoms with E-state index < -0.39 is 29.5 Å². The van der Waals surface area contributed by atoms with Gasteiger partial charge in [-0.05, 0) is 59.6 Å². The van der Waals surface area contributed by atoms with E-state index >= 15 is 0 Å². The number of benzene rings is 1. The van der Waals surface area contributed by atoms with Crippen molar-refractivity contribution in [1.82, 2.24) is 34.4 Å². The van der Waals surface area contributed by atoms with Crippen LogP contribution in [0.15, 0.2) is 42.7 Å². The Balaban J connectivity index is 1.72. The number of aromatic amines is 1. The molecule has 220 valence electrons. The van der Waals surface area contributed by atoms with Crippen LogP contribution in [0.2, 0.25) is 5.02 Å². The Morgan fingerprint density at radius 1 is 1.17 bits per heavy atom. The molecule has 1 unspecified atom stereocenters. The number of amides is 1. The van der Waals surface area contributed by atoms with Gasteiger partial charge in [-0.25, -0.2) is 9.78 Å². The maximum absolute atomic E-state index is 13.3. The molecule has 3 heterocycles. The minimum atomic E-state index is -4.55. The minimum absolute atomic E-state index is 0.0209. The van der Waals surface area contributed by atoms with Gasteiger partial charge in [0.05, 0.1) is 23.0 Å². The maximum Gasteiger partial charge on any atom is 0.434 e. The van der Waals surface area contributed by atoms with Crippen molar-refractivity contribution in [1.29, 1.82) is 0 Å². The molecule has 0 bridgehead atoms. The van der Waals surface area contributed by atoms with E-state index in [0.29, 0.717) is 34.2 Å². The van der Waals surface area contributed by atoms with Crippen LogP contribution in [-0.2, 0) is 19.1 Å². The summed E-state index contributed by atoms with van der Waals surface area (Å²) in [5.41, 5.74) is 1.30. The minimum Gasteiger partial charge on any atom is -0.465 e. The Morgan fingerprint density at radius 3 is 2.37 bits per heavy atom. The molecule has 9 nitrogen and oxygen atoms in total. The summed E-state index contributed by atoms with van der Waals surface area (Å²) in [5, 5.41) is 22.5. The normalized spacial score (nSPS) is 13.1. The van der Waals surface area contributed by atoms with Crippen molar-refractivity contribution in [3.05, 3.63) is 64.7 Å². The molecule has 0 fully saturated rings. The smallest absolute Gasteiger partial charge is 0.434 e. The number of alkyl halides is 3. The number of H-pyrrole nitrogens is 1. The van der Waals surface area contributed by atoms with Crippen molar-refractivity contribution < 1.29 is 23.1 Å². The summed E-state index contributed by atoms with van der Waals surface area (Å²) in [4.78, 5) is 17.7. The maximum atomic E-state index is 13.3. The first-order valence-corrected chi connectivity index (χ1v) is 13.5. The van der Waals surface area contributed by atoms with Gasteiger partial charge < -0.3 is 9.67 Å². The number of carboxylic acid groups (broad SMARTS) is 1. The molecule has 0 aliphatic rings. The summed E-state index contributed by atoms with van der Waals surface area (Å²) in [7, 11) is 0. The lowest BCUT2D eigenvalue weighted by Gasteiger charge is -2.39. The highest BCUT2D eigenvalue weighted by Crippen LogP contribution is 2.36. The molecule has 1 atom stereocenters. The summed E-state index contributed by atoms with van der Waals surface area (Å²) in [6.07, 6.45) is -2.83. The molecular weight excluding hydrogens is 559 g/mol. The fourth-order valence-corrected chi connectivity index (χ4v) is 5.09. The molecular formula is C28H33ClF3N7O2. The Labute approximate surface area is 241 Å². The molecule has 0 saturated heterocycles. The zero-order valence-electron chi connectivity index (χ0n) is 23.7. The predicted molar refractivity (Wildman–Crippen MR) is 150 cm³/mol. The highest BCUT2D eigenvalue weighted by molar-refractivity contribution is 6.32. The summed E-state index contributed by atoms with van der Waals surface area (Å²) < 4.78 is 43.0. The number of nitrogens with zero attached hydrogens (tertiary/aromatic N) is 6. The van der Waals surface area contributed by atoms with E-state index in [9.17, 15) is 23.1 Å². The highest BCUT2D eigenvalue weighted by atomic mass is 35.5. The van der Waals surface area contributed by atoms with Gasteiger partial charge in [0.2, 0.25) is 0 Å². The van der Waals surface area contributed by atoms with E-state index in [1.807, 2.05) is 34.6 Å². The largest absolute Gasteiger partial charge is 0.465 e. The number of aryl methyl sites for hydroxylation is 1. The molecule has 4 rings (SSSR count). The van der Waals surface area contributed by atoms with Crippen molar-refractivity contribution in [2.24, 2.45) is 0 Å². The second-order valence-electron chi connectivity index (χ2n) is 11.1. The SMILES string of the molecule is CCn1cc(C(F)(F)F)nc1-c1ccc(CC(c2cc(-c3c(Cl)cnn3C(C)C)n[nH]2)N(C(=O)O)C(C)(C)C)cc1. The number of rotatable bonds is 8. The zero-order valence-corrected chi connectivity index (χ0v) is 24.4. The van der Waals surface area contributed by atoms with Gasteiger partial charge in [0, 0.05) is 29.9 Å². The molecule has 0 aliphatic heterocycles. The first-order chi connectivity index (χ1) is 19.1. The molecule has 2 N–H and O–H groups in total. The van der Waals surface area contributed by atoms with Gasteiger partial charge in [-0.3, -0.25) is 14.7 Å². The first kappa shape index (κ1) is 30.2. The van der Waals surface area contributed by atoms with Gasteiger partial charge >= 0.3 is 12.3 Å². The lowest BCUT2D eigenvalue weighted by atomic mass is 9.95. The molecule has 4 aromatic rings. The first-order valence-electron chi connectivity index (χ1n) is 13.2. The third-order valence-electron chi connectivity index (χ3n) is 6.73. The van der Waals surface area contributed by atoms with Gasteiger partial charge in [-0.15, -0.1) is 0 Å². The third kappa shape index (κ3) is 6.27. The molecule has 0 spiro atoms. The predicted octanol–water partition coefficient (Wildman–Crippen LogP) is 7.47. The lowest BCUT2D eigenvalue weighted by Crippen LogP contribution is -2.48. The standard InChI is InChI=1S/C28H33ClF3N7O2/c1-7-37-15-23(28(30,31)32)34-25(37)18-10-8-17(9-11-18)12-22(38(26(40)41)27(4,5)6)20-13-21(36-35-20)24-19(29)14-33-39(24)16(2)3/h8-11,13-16,22H,7,12H2,1-6H3,(H,35,36)(H,40,41). The molecule has 0 aliphatic carbocycles. The Bertz CT molecular complexity index is 1510. The quantitative estimate of drug-likeness (QED) is 0.221. The molecule has 0 radical (unpaired) electrons. The van der Waals surface area contributed by atoms with E-state index in [1.165, 1.54) is 9.47 Å². The lowest BCUT2D eigenvalue weighted by molar-refractivity contribution is -0.140. The van der Waals surface area contributed by atoms with Gasteiger partial charge in [0.1, 0.15) is 17.2 Å². The van der Waals surface area contributed by atoms with E-state index in [1.54, 1.807) is 48.1 Å². The average Bonchev–Trinajstić information content (AvgIpc) is 3.60. The van der Waals surface area contributed by atoms with Crippen LogP contribution in [0.5, 0.6) is 0 Å². The van der Waals surface area contributed by atoms with Gasteiger partial charge in [-0.1, -0.05) is 35.9 Å². The van der Waals surface area contributed by atoms with Crippen LogP contribution in [0, 0.1) is 0 Å². The molecule has 1 aromatic carbocycles. The summed E-state index contributed by atoms with van der Waals surface area (Å²) in [5.74, 6) is 0.210. The van der Waals surface area contributed by atoms with Crippen LogP contribution in [0.25, 0.3) is 22.8 Å². The topological polar surface area (TPSA) is 105 Å². The monoisotopic (exact) mass is 591 g/mol. The molecule has 3 aromatic heterocycles. The van der Waals surface area contributed by atoms with Crippen LogP contribution in [0.4, 0.5) is 18.0 Å². The van der Waals surface area contributed by atoms with Gasteiger partial charge in [0.15, 0.2) is 5.69 Å². The second-order valence-corrected chi connectivity index (χ2v) is 11.5. The van der Waals surface area contributed by atoms with Crippen molar-refractivity contribution >= 4 is 17.7 Å². The Kier molecular flexibility index (Phi) is 8.26. The molecule has 1 amide bonds. The van der Waals surface area contributed by atoms with E-state index in [-0.39, 0.29) is 18.3 Å². The number of hydrogen-bond donors (Lipinski definition) is 2. The van der Waals surface area contributed by atoms with Crippen molar-refractivity contribution in [2.75, 3.05) is 0 Å². The fraction of sp³-hybridized carbons (Fsp3) is 0.429. The number of carbonyl (C=O) groups is 1. The van der Waals surface area contributed by atoms with Gasteiger partial charge in [0.25, 0.3) is 0 Å². The molecule has 0 saturated carbocycles. The van der Waals surface area contributed by atoms with Crippen molar-refractivity contribution in [3.63, 3.8) is 0 Å². The van der Waals surface area contributed by atoms with Crippen LogP contribution in [-0.4, -0.2) is 51.2 Å². The van der Waals surface area contributed by atoms with Crippen molar-refractivity contribution in [3.8, 4) is 22.8 Å².